The van der Waals surface area contributed by atoms with Gasteiger partial charge in [-0.1, -0.05) is 46.3 Å². The average molecular weight is 493 g/mol. The summed E-state index contributed by atoms with van der Waals surface area (Å²) in [6.07, 6.45) is 1.40. The molecule has 2 rings (SSSR count). The van der Waals surface area contributed by atoms with E-state index in [1.165, 1.54) is 6.08 Å². The number of hydrogen-bond acceptors (Lipinski definition) is 4. The van der Waals surface area contributed by atoms with Crippen LogP contribution in [0.15, 0.2) is 57.0 Å². The highest BCUT2D eigenvalue weighted by atomic mass is 79.9. The number of rotatable bonds is 7. The summed E-state index contributed by atoms with van der Waals surface area (Å²) in [4.78, 5) is 23.4. The summed E-state index contributed by atoms with van der Waals surface area (Å²) in [5.41, 5.74) is 6.39. The lowest BCUT2D eigenvalue weighted by Crippen LogP contribution is -2.24. The van der Waals surface area contributed by atoms with E-state index in [1.807, 2.05) is 36.4 Å². The van der Waals surface area contributed by atoms with E-state index in [4.69, 9.17) is 10.5 Å². The quantitative estimate of drug-likeness (QED) is 0.456. The van der Waals surface area contributed by atoms with Gasteiger partial charge in [-0.3, -0.25) is 9.59 Å². The van der Waals surface area contributed by atoms with Crippen LogP contribution < -0.4 is 15.8 Å². The minimum Gasteiger partial charge on any atom is -0.482 e. The van der Waals surface area contributed by atoms with Crippen molar-refractivity contribution in [1.29, 1.82) is 5.26 Å². The summed E-state index contributed by atoms with van der Waals surface area (Å²) in [5.74, 6) is -0.847. The highest BCUT2D eigenvalue weighted by Crippen LogP contribution is 2.34. The van der Waals surface area contributed by atoms with Crippen LogP contribution in [0.2, 0.25) is 0 Å². The van der Waals surface area contributed by atoms with Gasteiger partial charge in [-0.25, -0.2) is 0 Å². The number of ether oxygens (including phenoxy) is 1. The summed E-state index contributed by atoms with van der Waals surface area (Å²) < 4.78 is 6.66. The highest BCUT2D eigenvalue weighted by molar-refractivity contribution is 9.11. The molecule has 0 fully saturated rings. The van der Waals surface area contributed by atoms with Crippen LogP contribution in [0, 0.1) is 11.3 Å². The number of carbonyl (C=O) groups excluding carboxylic acids is 2. The van der Waals surface area contributed by atoms with Gasteiger partial charge in [-0.15, -0.1) is 0 Å². The smallest absolute Gasteiger partial charge is 0.262 e. The second kappa shape index (κ2) is 9.90. The number of hydrogen-bond donors (Lipinski definition) is 2. The van der Waals surface area contributed by atoms with Crippen molar-refractivity contribution in [1.82, 2.24) is 5.32 Å². The summed E-state index contributed by atoms with van der Waals surface area (Å²) in [6.45, 7) is -0.0327. The van der Waals surface area contributed by atoms with E-state index in [9.17, 15) is 14.9 Å². The molecule has 6 nitrogen and oxygen atoms in total. The maximum atomic E-state index is 12.4. The Kier molecular flexibility index (Phi) is 7.58. The van der Waals surface area contributed by atoms with Gasteiger partial charge in [0, 0.05) is 16.6 Å². The van der Waals surface area contributed by atoms with Crippen LogP contribution >= 0.6 is 31.9 Å². The van der Waals surface area contributed by atoms with Crippen LogP contribution in [0.25, 0.3) is 6.08 Å². The van der Waals surface area contributed by atoms with Crippen LogP contribution in [0.3, 0.4) is 0 Å². The molecule has 2 amide bonds. The number of halogens is 2. The van der Waals surface area contributed by atoms with Gasteiger partial charge in [-0.2, -0.15) is 5.26 Å². The third-order valence-corrected chi connectivity index (χ3v) is 4.40. The molecule has 0 aliphatic heterocycles. The molecule has 0 atom stereocenters. The fraction of sp³-hybridized carbons (Fsp3) is 0.105. The molecule has 0 bridgehead atoms. The summed E-state index contributed by atoms with van der Waals surface area (Å²) in [6, 6.07) is 14.6. The summed E-state index contributed by atoms with van der Waals surface area (Å²) in [7, 11) is 0. The molecule has 0 unspecified atom stereocenters. The van der Waals surface area contributed by atoms with Crippen molar-refractivity contribution in [2.45, 2.75) is 6.54 Å². The SMILES string of the molecule is N#C/C(=C\c1cc(Br)cc(Br)c1OCC(N)=O)C(=O)NCc1ccccc1. The number of primary amides is 1. The number of carbonyl (C=O) groups is 2. The molecule has 0 saturated heterocycles. The molecule has 2 aromatic rings. The fourth-order valence-corrected chi connectivity index (χ4v) is 3.53. The third-order valence-electron chi connectivity index (χ3n) is 3.36. The Hall–Kier alpha value is -2.63. The molecule has 0 radical (unpaired) electrons. The van der Waals surface area contributed by atoms with Crippen molar-refractivity contribution < 1.29 is 14.3 Å². The van der Waals surface area contributed by atoms with E-state index in [0.29, 0.717) is 26.8 Å². The maximum Gasteiger partial charge on any atom is 0.262 e. The Labute approximate surface area is 173 Å². The predicted molar refractivity (Wildman–Crippen MR) is 108 cm³/mol. The van der Waals surface area contributed by atoms with Gasteiger partial charge in [0.1, 0.15) is 17.4 Å². The lowest BCUT2D eigenvalue weighted by atomic mass is 10.1. The predicted octanol–water partition coefficient (Wildman–Crippen LogP) is 3.30. The average Bonchev–Trinajstić information content (AvgIpc) is 2.63. The molecule has 8 heteroatoms. The second-order valence-corrected chi connectivity index (χ2v) is 7.17. The molecule has 0 saturated carbocycles. The van der Waals surface area contributed by atoms with Crippen molar-refractivity contribution in [3.05, 3.63) is 68.1 Å². The van der Waals surface area contributed by atoms with Crippen molar-refractivity contribution >= 4 is 49.8 Å². The largest absolute Gasteiger partial charge is 0.482 e. The van der Waals surface area contributed by atoms with Gasteiger partial charge < -0.3 is 15.8 Å². The number of nitrogens with zero attached hydrogens (tertiary/aromatic N) is 1. The highest BCUT2D eigenvalue weighted by Gasteiger charge is 2.14. The van der Waals surface area contributed by atoms with E-state index >= 15 is 0 Å². The molecule has 3 N–H and O–H groups in total. The van der Waals surface area contributed by atoms with Crippen LogP contribution in [0.4, 0.5) is 0 Å². The molecule has 2 aromatic carbocycles. The zero-order valence-corrected chi connectivity index (χ0v) is 17.2. The number of nitriles is 1. The molecule has 0 spiro atoms. The lowest BCUT2D eigenvalue weighted by Gasteiger charge is -2.11. The van der Waals surface area contributed by atoms with Crippen LogP contribution in [0.5, 0.6) is 5.75 Å². The first kappa shape index (κ1) is 20.7. The Bertz CT molecular complexity index is 922. The molecule has 0 aliphatic carbocycles. The van der Waals surface area contributed by atoms with Gasteiger partial charge in [0.15, 0.2) is 6.61 Å². The van der Waals surface area contributed by atoms with Gasteiger partial charge in [-0.05, 0) is 39.7 Å². The zero-order valence-electron chi connectivity index (χ0n) is 14.0. The second-order valence-electron chi connectivity index (χ2n) is 5.40. The summed E-state index contributed by atoms with van der Waals surface area (Å²) in [5, 5.41) is 12.1. The molecule has 0 aliphatic rings. The Morgan fingerprint density at radius 3 is 2.56 bits per heavy atom. The van der Waals surface area contributed by atoms with E-state index in [-0.39, 0.29) is 12.2 Å². The fourth-order valence-electron chi connectivity index (χ4n) is 2.16. The van der Waals surface area contributed by atoms with Gasteiger partial charge >= 0.3 is 0 Å². The van der Waals surface area contributed by atoms with Crippen LogP contribution in [-0.2, 0) is 16.1 Å². The molecule has 138 valence electrons. The Balaban J connectivity index is 2.26. The lowest BCUT2D eigenvalue weighted by molar-refractivity contribution is -0.120. The topological polar surface area (TPSA) is 105 Å². The van der Waals surface area contributed by atoms with E-state index in [0.717, 1.165) is 5.56 Å². The minimum atomic E-state index is -0.638. The number of amides is 2. The van der Waals surface area contributed by atoms with Crippen molar-refractivity contribution in [3.8, 4) is 11.8 Å². The third kappa shape index (κ3) is 6.24. The first-order chi connectivity index (χ1) is 12.9. The van der Waals surface area contributed by atoms with Gasteiger partial charge in [0.25, 0.3) is 11.8 Å². The van der Waals surface area contributed by atoms with Crippen molar-refractivity contribution in [2.75, 3.05) is 6.61 Å². The van der Waals surface area contributed by atoms with E-state index in [1.54, 1.807) is 12.1 Å². The number of benzene rings is 2. The maximum absolute atomic E-state index is 12.4. The zero-order chi connectivity index (χ0) is 19.8. The summed E-state index contributed by atoms with van der Waals surface area (Å²) >= 11 is 6.69. The van der Waals surface area contributed by atoms with Crippen LogP contribution in [0.1, 0.15) is 11.1 Å². The molecular formula is C19H15Br2N3O3. The van der Waals surface area contributed by atoms with Crippen molar-refractivity contribution in [2.24, 2.45) is 5.73 Å². The first-order valence-corrected chi connectivity index (χ1v) is 9.33. The molecule has 27 heavy (non-hydrogen) atoms. The van der Waals surface area contributed by atoms with Crippen molar-refractivity contribution in [3.63, 3.8) is 0 Å². The van der Waals surface area contributed by atoms with Crippen LogP contribution in [-0.4, -0.2) is 18.4 Å². The number of nitrogens with two attached hydrogens (primary N) is 1. The van der Waals surface area contributed by atoms with E-state index < -0.39 is 11.8 Å². The monoisotopic (exact) mass is 491 g/mol. The van der Waals surface area contributed by atoms with Gasteiger partial charge in [0.05, 0.1) is 4.47 Å². The molecular weight excluding hydrogens is 478 g/mol. The van der Waals surface area contributed by atoms with Gasteiger partial charge in [0.2, 0.25) is 0 Å². The Morgan fingerprint density at radius 1 is 1.22 bits per heavy atom. The normalized spacial score (nSPS) is 10.8. The molecule has 0 heterocycles. The first-order valence-electron chi connectivity index (χ1n) is 7.74. The Morgan fingerprint density at radius 2 is 1.93 bits per heavy atom. The van der Waals surface area contributed by atoms with E-state index in [2.05, 4.69) is 37.2 Å². The minimum absolute atomic E-state index is 0.0974. The molecule has 0 aromatic heterocycles. The number of nitrogens with one attached hydrogen (secondary N) is 1. The standard InChI is InChI=1S/C19H15Br2N3O3/c20-15-7-13(18(16(21)8-15)27-11-17(23)25)6-14(9-22)19(26)24-10-12-4-2-1-3-5-12/h1-8H,10-11H2,(H2,23,25)(H,24,26)/b14-6+.